The number of halogens is 6. The summed E-state index contributed by atoms with van der Waals surface area (Å²) in [5, 5.41) is 18.6. The van der Waals surface area contributed by atoms with E-state index in [1.165, 1.54) is 0 Å². The van der Waals surface area contributed by atoms with Crippen molar-refractivity contribution < 1.29 is 54.5 Å². The fourth-order valence-corrected chi connectivity index (χ4v) is 3.05. The lowest BCUT2D eigenvalue weighted by atomic mass is 9.90. The van der Waals surface area contributed by atoms with Crippen LogP contribution in [0.3, 0.4) is 0 Å². The van der Waals surface area contributed by atoms with Gasteiger partial charge in [-0.15, -0.1) is 13.2 Å². The molecule has 0 amide bonds. The maximum Gasteiger partial charge on any atom is 0.573 e. The fraction of sp³-hybridized carbons (Fsp3) is 0.467. The Morgan fingerprint density at radius 1 is 1.17 bits per heavy atom. The number of hydrogen-bond donors (Lipinski definition) is 3. The Hall–Kier alpha value is -2.39. The standard InChI is InChI=1S/C15H16F6N2O6S/c16-14(17,18)13(26,9-1-3-10(4-2-9)29-15(19,20)21)6-8-30(27,28)23-7-5-11(22)12(24)25/h1-4,7,11,26H,5-6,8,22H2,(H,24,25)/t11-,13?/m0/s1. The molecular formula is C15H16F6N2O6S. The van der Waals surface area contributed by atoms with Gasteiger partial charge in [0.05, 0.1) is 5.75 Å². The number of hydrogen-bond acceptors (Lipinski definition) is 6. The Morgan fingerprint density at radius 2 is 1.70 bits per heavy atom. The Morgan fingerprint density at radius 3 is 2.13 bits per heavy atom. The minimum absolute atomic E-state index is 0.510. The third-order valence-corrected chi connectivity index (χ3v) is 4.86. The first-order chi connectivity index (χ1) is 13.5. The number of benzene rings is 1. The van der Waals surface area contributed by atoms with Gasteiger partial charge in [0.25, 0.3) is 10.0 Å². The zero-order valence-electron chi connectivity index (χ0n) is 14.8. The average Bonchev–Trinajstić information content (AvgIpc) is 2.57. The van der Waals surface area contributed by atoms with E-state index < -0.39 is 70.1 Å². The van der Waals surface area contributed by atoms with Crippen LogP contribution in [0.25, 0.3) is 0 Å². The molecule has 0 aliphatic carbocycles. The molecular weight excluding hydrogens is 450 g/mol. The van der Waals surface area contributed by atoms with E-state index in [9.17, 15) is 44.7 Å². The van der Waals surface area contributed by atoms with Crippen molar-refractivity contribution in [1.82, 2.24) is 0 Å². The van der Waals surface area contributed by atoms with Crippen molar-refractivity contribution in [1.29, 1.82) is 0 Å². The summed E-state index contributed by atoms with van der Waals surface area (Å²) in [5.74, 6) is -3.60. The zero-order valence-corrected chi connectivity index (χ0v) is 15.6. The molecule has 30 heavy (non-hydrogen) atoms. The van der Waals surface area contributed by atoms with E-state index in [0.717, 1.165) is 0 Å². The Kier molecular flexibility index (Phi) is 7.85. The number of ether oxygens (including phenoxy) is 1. The Bertz CT molecular complexity index is 869. The molecule has 0 saturated heterocycles. The Balaban J connectivity index is 3.02. The molecule has 0 radical (unpaired) electrons. The third kappa shape index (κ3) is 7.46. The van der Waals surface area contributed by atoms with Crippen LogP contribution in [0.2, 0.25) is 0 Å². The van der Waals surface area contributed by atoms with E-state index in [-0.39, 0.29) is 0 Å². The van der Waals surface area contributed by atoms with Crippen LogP contribution < -0.4 is 10.5 Å². The van der Waals surface area contributed by atoms with Gasteiger partial charge < -0.3 is 20.7 Å². The Labute approximate surface area is 166 Å². The minimum Gasteiger partial charge on any atom is -0.480 e. The molecule has 8 nitrogen and oxygen atoms in total. The van der Waals surface area contributed by atoms with Crippen LogP contribution in [0.5, 0.6) is 5.75 Å². The van der Waals surface area contributed by atoms with Crippen LogP contribution >= 0.6 is 0 Å². The van der Waals surface area contributed by atoms with Gasteiger partial charge in [-0.25, -0.2) is 8.42 Å². The van der Waals surface area contributed by atoms with E-state index in [2.05, 4.69) is 9.13 Å². The van der Waals surface area contributed by atoms with E-state index >= 15 is 0 Å². The van der Waals surface area contributed by atoms with Gasteiger partial charge in [-0.1, -0.05) is 12.1 Å². The number of nitrogens with two attached hydrogens (primary N) is 1. The number of carbonyl (C=O) groups is 1. The summed E-state index contributed by atoms with van der Waals surface area (Å²) in [6, 6.07) is 0.597. The number of nitrogens with zero attached hydrogens (tertiary/aromatic N) is 1. The second-order valence-corrected chi connectivity index (χ2v) is 7.72. The molecule has 15 heteroatoms. The van der Waals surface area contributed by atoms with Crippen molar-refractivity contribution in [2.75, 3.05) is 5.75 Å². The highest BCUT2D eigenvalue weighted by Crippen LogP contribution is 2.42. The van der Waals surface area contributed by atoms with Gasteiger partial charge in [-0.3, -0.25) is 4.79 Å². The maximum atomic E-state index is 13.4. The molecule has 1 unspecified atom stereocenters. The van der Waals surface area contributed by atoms with Crippen LogP contribution in [0.4, 0.5) is 26.3 Å². The molecule has 0 heterocycles. The summed E-state index contributed by atoms with van der Waals surface area (Å²) in [6.07, 6.45) is -11.8. The average molecular weight is 466 g/mol. The summed E-state index contributed by atoms with van der Waals surface area (Å²) in [6.45, 7) is 0. The monoisotopic (exact) mass is 466 g/mol. The lowest BCUT2D eigenvalue weighted by Crippen LogP contribution is -2.43. The number of sulfonamides is 1. The van der Waals surface area contributed by atoms with E-state index in [4.69, 9.17) is 10.8 Å². The topological polar surface area (TPSA) is 139 Å². The summed E-state index contributed by atoms with van der Waals surface area (Å²) < 4.78 is 107. The summed E-state index contributed by atoms with van der Waals surface area (Å²) in [4.78, 5) is 10.5. The van der Waals surface area contributed by atoms with Crippen LogP contribution in [-0.4, -0.2) is 55.1 Å². The summed E-state index contributed by atoms with van der Waals surface area (Å²) in [5.41, 5.74) is 0.479. The van der Waals surface area contributed by atoms with Crippen LogP contribution in [0.15, 0.2) is 28.7 Å². The molecule has 4 N–H and O–H groups in total. The first kappa shape index (κ1) is 25.6. The molecule has 0 spiro atoms. The van der Waals surface area contributed by atoms with Gasteiger partial charge in [0.2, 0.25) is 0 Å². The van der Waals surface area contributed by atoms with E-state index in [1.54, 1.807) is 0 Å². The highest BCUT2D eigenvalue weighted by Gasteiger charge is 2.55. The SMILES string of the molecule is N[C@@H](CC=NS(=O)(=O)CCC(O)(c1ccc(OC(F)(F)F)cc1)C(F)(F)F)C(=O)O. The van der Waals surface area contributed by atoms with E-state index in [1.807, 2.05) is 0 Å². The van der Waals surface area contributed by atoms with Crippen molar-refractivity contribution in [2.45, 2.75) is 37.0 Å². The fourth-order valence-electron chi connectivity index (χ4n) is 2.08. The first-order valence-electron chi connectivity index (χ1n) is 7.87. The molecule has 1 aromatic rings. The minimum atomic E-state index is -5.38. The van der Waals surface area contributed by atoms with Gasteiger partial charge in [-0.05, 0) is 17.7 Å². The predicted molar refractivity (Wildman–Crippen MR) is 90.2 cm³/mol. The first-order valence-corrected chi connectivity index (χ1v) is 9.48. The lowest BCUT2D eigenvalue weighted by molar-refractivity contribution is -0.275. The molecule has 1 aromatic carbocycles. The van der Waals surface area contributed by atoms with Gasteiger partial charge >= 0.3 is 18.5 Å². The highest BCUT2D eigenvalue weighted by atomic mass is 32.2. The number of carboxylic acids is 1. The number of aliphatic hydroxyl groups is 1. The third-order valence-electron chi connectivity index (χ3n) is 3.67. The smallest absolute Gasteiger partial charge is 0.480 e. The summed E-state index contributed by atoms with van der Waals surface area (Å²) in [7, 11) is -4.55. The molecule has 0 fully saturated rings. The second kappa shape index (κ2) is 9.18. The molecule has 0 bridgehead atoms. The molecule has 2 atom stereocenters. The molecule has 0 saturated carbocycles. The van der Waals surface area contributed by atoms with Gasteiger partial charge in [-0.2, -0.15) is 17.6 Å². The molecule has 1 rings (SSSR count). The van der Waals surface area contributed by atoms with Crippen molar-refractivity contribution in [2.24, 2.45) is 10.1 Å². The van der Waals surface area contributed by atoms with Gasteiger partial charge in [0.15, 0.2) is 5.60 Å². The number of carboxylic acid groups (broad SMARTS) is 1. The molecule has 0 aromatic heterocycles. The van der Waals surface area contributed by atoms with Crippen molar-refractivity contribution in [3.05, 3.63) is 29.8 Å². The van der Waals surface area contributed by atoms with Gasteiger partial charge in [0.1, 0.15) is 11.8 Å². The van der Waals surface area contributed by atoms with E-state index in [0.29, 0.717) is 30.5 Å². The molecule has 0 aliphatic heterocycles. The highest BCUT2D eigenvalue weighted by molar-refractivity contribution is 7.90. The predicted octanol–water partition coefficient (Wildman–Crippen LogP) is 1.93. The number of alkyl halides is 6. The quantitative estimate of drug-likeness (QED) is 0.373. The number of aliphatic carboxylic acids is 1. The lowest BCUT2D eigenvalue weighted by Gasteiger charge is -2.30. The van der Waals surface area contributed by atoms with Crippen molar-refractivity contribution in [3.63, 3.8) is 0 Å². The maximum absolute atomic E-state index is 13.4. The van der Waals surface area contributed by atoms with Gasteiger partial charge in [0, 0.05) is 19.1 Å². The van der Waals surface area contributed by atoms with Crippen molar-refractivity contribution >= 4 is 22.2 Å². The van der Waals surface area contributed by atoms with Crippen LogP contribution in [-0.2, 0) is 20.4 Å². The summed E-state index contributed by atoms with van der Waals surface area (Å²) >= 11 is 0. The zero-order chi connectivity index (χ0) is 23.4. The second-order valence-electron chi connectivity index (χ2n) is 5.93. The molecule has 0 aliphatic rings. The molecule has 170 valence electrons. The normalized spacial score (nSPS) is 16.3. The van der Waals surface area contributed by atoms with Crippen molar-refractivity contribution in [3.8, 4) is 5.75 Å². The van der Waals surface area contributed by atoms with Crippen LogP contribution in [0.1, 0.15) is 18.4 Å². The number of rotatable bonds is 9. The van der Waals surface area contributed by atoms with Crippen LogP contribution in [0, 0.1) is 0 Å². The largest absolute Gasteiger partial charge is 0.573 e.